The summed E-state index contributed by atoms with van der Waals surface area (Å²) in [4.78, 5) is 52.2. The molecular formula is C22H15FIN3O6. The van der Waals surface area contributed by atoms with E-state index >= 15 is 0 Å². The maximum Gasteiger partial charge on any atom is 0.344 e. The standard InChI is InChI=1S/C22H15FIN3O6/c1-25-17(29)10-16(28)18-19(25)26(15-8-5-12(24)9-14(15)23)22(32)27(21(18)31)20(30)11-3-6-13(33-2)7-4-11/h3-10,28H,1-2H3. The number of hydrogen-bond acceptors (Lipinski definition) is 6. The van der Waals surface area contributed by atoms with Gasteiger partial charge in [-0.2, -0.15) is 4.57 Å². The number of benzene rings is 2. The molecule has 11 heteroatoms. The van der Waals surface area contributed by atoms with E-state index in [0.29, 0.717) is 13.9 Å². The Morgan fingerprint density at radius 3 is 2.33 bits per heavy atom. The van der Waals surface area contributed by atoms with E-state index in [2.05, 4.69) is 0 Å². The second-order valence-corrected chi connectivity index (χ2v) is 8.26. The van der Waals surface area contributed by atoms with E-state index in [1.807, 2.05) is 22.6 Å². The van der Waals surface area contributed by atoms with Gasteiger partial charge in [0.25, 0.3) is 17.0 Å². The molecule has 0 aliphatic rings. The van der Waals surface area contributed by atoms with Gasteiger partial charge in [0.05, 0.1) is 12.8 Å². The number of carbonyl (C=O) groups excluding carboxylic acids is 1. The second-order valence-electron chi connectivity index (χ2n) is 7.01. The number of aryl methyl sites for hydroxylation is 1. The third-order valence-electron chi connectivity index (χ3n) is 5.09. The topological polar surface area (TPSA) is 113 Å². The minimum atomic E-state index is -1.20. The number of ether oxygens (including phenoxy) is 1. The minimum absolute atomic E-state index is 0.0201. The van der Waals surface area contributed by atoms with Crippen molar-refractivity contribution in [1.82, 2.24) is 13.7 Å². The Bertz CT molecular complexity index is 1620. The van der Waals surface area contributed by atoms with Crippen LogP contribution in [0.3, 0.4) is 0 Å². The lowest BCUT2D eigenvalue weighted by Gasteiger charge is -2.17. The quantitative estimate of drug-likeness (QED) is 0.382. The van der Waals surface area contributed by atoms with E-state index in [0.717, 1.165) is 21.3 Å². The van der Waals surface area contributed by atoms with Gasteiger partial charge >= 0.3 is 5.69 Å². The maximum absolute atomic E-state index is 14.9. The van der Waals surface area contributed by atoms with Crippen molar-refractivity contribution in [3.05, 3.63) is 94.7 Å². The van der Waals surface area contributed by atoms with Crippen molar-refractivity contribution in [2.45, 2.75) is 0 Å². The molecule has 2 aromatic heterocycles. The summed E-state index contributed by atoms with van der Waals surface area (Å²) < 4.78 is 22.4. The molecule has 0 saturated heterocycles. The van der Waals surface area contributed by atoms with Gasteiger partial charge in [-0.3, -0.25) is 19.0 Å². The molecule has 0 atom stereocenters. The van der Waals surface area contributed by atoms with Gasteiger partial charge in [-0.1, -0.05) is 0 Å². The van der Waals surface area contributed by atoms with Crippen molar-refractivity contribution in [3.8, 4) is 17.2 Å². The molecule has 33 heavy (non-hydrogen) atoms. The highest BCUT2D eigenvalue weighted by atomic mass is 127. The molecule has 0 bridgehead atoms. The van der Waals surface area contributed by atoms with Crippen LogP contribution in [0.1, 0.15) is 10.4 Å². The van der Waals surface area contributed by atoms with Crippen molar-refractivity contribution < 1.29 is 19.0 Å². The molecule has 0 unspecified atom stereocenters. The number of aromatic hydroxyl groups is 1. The summed E-state index contributed by atoms with van der Waals surface area (Å²) in [5.41, 5.74) is -3.76. The zero-order valence-corrected chi connectivity index (χ0v) is 19.4. The first-order valence-corrected chi connectivity index (χ1v) is 10.5. The van der Waals surface area contributed by atoms with E-state index in [9.17, 15) is 28.7 Å². The Labute approximate surface area is 198 Å². The van der Waals surface area contributed by atoms with Crippen molar-refractivity contribution in [2.24, 2.45) is 7.05 Å². The zero-order chi connectivity index (χ0) is 24.0. The van der Waals surface area contributed by atoms with Gasteiger partial charge in [-0.15, -0.1) is 0 Å². The summed E-state index contributed by atoms with van der Waals surface area (Å²) in [6.45, 7) is 0. The Hall–Kier alpha value is -3.74. The summed E-state index contributed by atoms with van der Waals surface area (Å²) in [5.74, 6) is -2.12. The number of aromatic nitrogens is 3. The summed E-state index contributed by atoms with van der Waals surface area (Å²) in [6.07, 6.45) is 0. The Kier molecular flexibility index (Phi) is 5.66. The highest BCUT2D eigenvalue weighted by Gasteiger charge is 2.25. The van der Waals surface area contributed by atoms with Crippen molar-refractivity contribution in [2.75, 3.05) is 7.11 Å². The third kappa shape index (κ3) is 3.63. The third-order valence-corrected chi connectivity index (χ3v) is 5.76. The average Bonchev–Trinajstić information content (AvgIpc) is 2.78. The first-order valence-electron chi connectivity index (χ1n) is 9.40. The molecule has 0 spiro atoms. The van der Waals surface area contributed by atoms with Crippen LogP contribution in [0.2, 0.25) is 0 Å². The Balaban J connectivity index is 2.18. The van der Waals surface area contributed by atoms with Crippen molar-refractivity contribution in [3.63, 3.8) is 0 Å². The average molecular weight is 563 g/mol. The number of pyridine rings is 1. The van der Waals surface area contributed by atoms with Gasteiger partial charge in [0.15, 0.2) is 0 Å². The van der Waals surface area contributed by atoms with Crippen LogP contribution in [0, 0.1) is 9.39 Å². The smallest absolute Gasteiger partial charge is 0.344 e. The van der Waals surface area contributed by atoms with Crippen LogP contribution in [0.5, 0.6) is 11.5 Å². The van der Waals surface area contributed by atoms with Crippen LogP contribution < -0.4 is 21.5 Å². The number of nitrogens with zero attached hydrogens (tertiary/aromatic N) is 3. The van der Waals surface area contributed by atoms with Crippen LogP contribution in [0.4, 0.5) is 4.39 Å². The van der Waals surface area contributed by atoms with Gasteiger partial charge in [0, 0.05) is 22.2 Å². The number of hydrogen-bond donors (Lipinski definition) is 1. The zero-order valence-electron chi connectivity index (χ0n) is 17.2. The lowest BCUT2D eigenvalue weighted by molar-refractivity contribution is 0.0950. The molecule has 0 aliphatic carbocycles. The van der Waals surface area contributed by atoms with Gasteiger partial charge in [-0.05, 0) is 65.1 Å². The largest absolute Gasteiger partial charge is 0.507 e. The van der Waals surface area contributed by atoms with Crippen molar-refractivity contribution >= 4 is 39.5 Å². The SMILES string of the molecule is COc1ccc(C(=O)n2c(=O)c3c(O)cc(=O)n(C)c3n(-c3ccc(I)cc3F)c2=O)cc1. The second kappa shape index (κ2) is 8.31. The summed E-state index contributed by atoms with van der Waals surface area (Å²) in [7, 11) is 2.70. The molecule has 2 heterocycles. The maximum atomic E-state index is 14.9. The molecule has 0 radical (unpaired) electrons. The lowest BCUT2D eigenvalue weighted by Crippen LogP contribution is -2.45. The summed E-state index contributed by atoms with van der Waals surface area (Å²) >= 11 is 1.88. The van der Waals surface area contributed by atoms with Crippen LogP contribution in [-0.2, 0) is 7.05 Å². The van der Waals surface area contributed by atoms with E-state index in [-0.39, 0.29) is 16.9 Å². The van der Waals surface area contributed by atoms with E-state index in [1.165, 1.54) is 50.6 Å². The Morgan fingerprint density at radius 1 is 1.06 bits per heavy atom. The number of halogens is 2. The molecule has 0 amide bonds. The molecule has 1 N–H and O–H groups in total. The van der Waals surface area contributed by atoms with Gasteiger partial charge in [0.1, 0.15) is 28.3 Å². The predicted octanol–water partition coefficient (Wildman–Crippen LogP) is 2.00. The normalized spacial score (nSPS) is 11.0. The van der Waals surface area contributed by atoms with E-state index < -0.39 is 39.7 Å². The molecule has 0 saturated carbocycles. The van der Waals surface area contributed by atoms with Gasteiger partial charge in [-0.25, -0.2) is 13.8 Å². The molecule has 2 aromatic carbocycles. The van der Waals surface area contributed by atoms with Crippen LogP contribution in [-0.4, -0.2) is 31.8 Å². The fourth-order valence-electron chi connectivity index (χ4n) is 3.45. The monoisotopic (exact) mass is 563 g/mol. The fraction of sp³-hybridized carbons (Fsp3) is 0.0909. The fourth-order valence-corrected chi connectivity index (χ4v) is 3.90. The van der Waals surface area contributed by atoms with Gasteiger partial charge < -0.3 is 9.84 Å². The van der Waals surface area contributed by atoms with Crippen LogP contribution in [0.25, 0.3) is 16.7 Å². The number of rotatable bonds is 3. The minimum Gasteiger partial charge on any atom is -0.507 e. The van der Waals surface area contributed by atoms with Gasteiger partial charge in [0.2, 0.25) is 0 Å². The lowest BCUT2D eigenvalue weighted by atomic mass is 10.2. The molecule has 4 rings (SSSR count). The number of methoxy groups -OCH3 is 1. The molecule has 4 aromatic rings. The first-order chi connectivity index (χ1) is 15.6. The van der Waals surface area contributed by atoms with E-state index in [1.54, 1.807) is 0 Å². The Morgan fingerprint density at radius 2 is 1.73 bits per heavy atom. The molecule has 9 nitrogen and oxygen atoms in total. The summed E-state index contributed by atoms with van der Waals surface area (Å²) in [6, 6.07) is 10.4. The summed E-state index contributed by atoms with van der Waals surface area (Å²) in [5, 5.41) is 9.92. The van der Waals surface area contributed by atoms with E-state index in [4.69, 9.17) is 4.74 Å². The number of carbonyl (C=O) groups is 1. The molecule has 168 valence electrons. The van der Waals surface area contributed by atoms with Crippen LogP contribution >= 0.6 is 22.6 Å². The van der Waals surface area contributed by atoms with Crippen molar-refractivity contribution in [1.29, 1.82) is 0 Å². The molecule has 0 fully saturated rings. The number of fused-ring (bicyclic) bond motifs is 1. The predicted molar refractivity (Wildman–Crippen MR) is 126 cm³/mol. The highest BCUT2D eigenvalue weighted by Crippen LogP contribution is 2.22. The molecular weight excluding hydrogens is 548 g/mol. The molecule has 0 aliphatic heterocycles. The first kappa shape index (κ1) is 22.5. The highest BCUT2D eigenvalue weighted by molar-refractivity contribution is 14.1. The van der Waals surface area contributed by atoms with Crippen LogP contribution in [0.15, 0.2) is 62.9 Å².